The van der Waals surface area contributed by atoms with Crippen molar-refractivity contribution in [2.24, 2.45) is 0 Å². The van der Waals surface area contributed by atoms with Gasteiger partial charge in [0.05, 0.1) is 12.1 Å². The summed E-state index contributed by atoms with van der Waals surface area (Å²) in [4.78, 5) is 16.4. The number of aromatic hydroxyl groups is 1. The van der Waals surface area contributed by atoms with Crippen molar-refractivity contribution in [1.29, 1.82) is 0 Å². The minimum atomic E-state index is -0.187. The average Bonchev–Trinajstić information content (AvgIpc) is 2.90. The highest BCUT2D eigenvalue weighted by Gasteiger charge is 2.12. The van der Waals surface area contributed by atoms with E-state index in [0.717, 1.165) is 12.2 Å². The summed E-state index contributed by atoms with van der Waals surface area (Å²) >= 11 is 1.40. The lowest BCUT2D eigenvalue weighted by molar-refractivity contribution is -0.115. The molecule has 2 aromatic rings. The van der Waals surface area contributed by atoms with Crippen molar-refractivity contribution in [3.8, 4) is 5.75 Å². The van der Waals surface area contributed by atoms with Crippen molar-refractivity contribution >= 4 is 22.4 Å². The molecule has 0 aliphatic carbocycles. The lowest BCUT2D eigenvalue weighted by Gasteiger charge is -2.08. The Labute approximate surface area is 128 Å². The summed E-state index contributed by atoms with van der Waals surface area (Å²) in [6.45, 7) is 4.94. The molecule has 0 saturated heterocycles. The lowest BCUT2D eigenvalue weighted by Crippen LogP contribution is -2.18. The Morgan fingerprint density at radius 3 is 2.90 bits per heavy atom. The van der Waals surface area contributed by atoms with Crippen LogP contribution in [0.3, 0.4) is 0 Å². The van der Waals surface area contributed by atoms with E-state index in [0.29, 0.717) is 10.7 Å². The number of phenols is 1. The molecule has 3 N–H and O–H groups in total. The van der Waals surface area contributed by atoms with E-state index in [4.69, 9.17) is 0 Å². The van der Waals surface area contributed by atoms with Gasteiger partial charge in [0.1, 0.15) is 5.75 Å². The van der Waals surface area contributed by atoms with Crippen molar-refractivity contribution in [3.63, 3.8) is 0 Å². The number of hydrogen-bond acceptors (Lipinski definition) is 5. The normalized spacial score (nSPS) is 12.1. The van der Waals surface area contributed by atoms with Crippen LogP contribution in [0.4, 0.5) is 5.13 Å². The van der Waals surface area contributed by atoms with Gasteiger partial charge in [-0.05, 0) is 19.5 Å². The first kappa shape index (κ1) is 15.5. The quantitative estimate of drug-likeness (QED) is 0.767. The summed E-state index contributed by atoms with van der Waals surface area (Å²) in [6, 6.07) is 6.99. The Bertz CT molecular complexity index is 612. The summed E-state index contributed by atoms with van der Waals surface area (Å²) in [5.41, 5.74) is 1.52. The van der Waals surface area contributed by atoms with Crippen LogP contribution in [-0.2, 0) is 11.2 Å². The van der Waals surface area contributed by atoms with Crippen LogP contribution >= 0.6 is 11.3 Å². The molecule has 21 heavy (non-hydrogen) atoms. The molecule has 0 bridgehead atoms. The Kier molecular flexibility index (Phi) is 5.30. The minimum absolute atomic E-state index is 0.129. The molecule has 1 aromatic carbocycles. The first-order valence-corrected chi connectivity index (χ1v) is 7.73. The van der Waals surface area contributed by atoms with Crippen molar-refractivity contribution < 1.29 is 9.90 Å². The fraction of sp³-hybridized carbons (Fsp3) is 0.333. The van der Waals surface area contributed by atoms with Gasteiger partial charge in [-0.1, -0.05) is 25.1 Å². The van der Waals surface area contributed by atoms with Crippen LogP contribution in [0.5, 0.6) is 5.75 Å². The highest BCUT2D eigenvalue weighted by molar-refractivity contribution is 7.13. The van der Waals surface area contributed by atoms with Crippen LogP contribution in [0, 0.1) is 0 Å². The molecule has 2 rings (SSSR count). The SMILES string of the molecule is CCNC(C)c1csc(NC(=O)Cc2ccccc2O)n1. The predicted octanol–water partition coefficient (Wildman–Crippen LogP) is 2.70. The number of nitrogens with one attached hydrogen (secondary N) is 2. The first-order valence-electron chi connectivity index (χ1n) is 6.85. The Hall–Kier alpha value is -1.92. The molecule has 1 aromatic heterocycles. The summed E-state index contributed by atoms with van der Waals surface area (Å²) in [7, 11) is 0. The second-order valence-electron chi connectivity index (χ2n) is 4.71. The number of nitrogens with zero attached hydrogens (tertiary/aromatic N) is 1. The third-order valence-electron chi connectivity index (χ3n) is 3.06. The lowest BCUT2D eigenvalue weighted by atomic mass is 10.1. The molecular formula is C15H19N3O2S. The van der Waals surface area contributed by atoms with Crippen molar-refractivity contribution in [3.05, 3.63) is 40.9 Å². The Morgan fingerprint density at radius 1 is 1.43 bits per heavy atom. The molecule has 0 aliphatic rings. The topological polar surface area (TPSA) is 74.2 Å². The maximum atomic E-state index is 12.0. The van der Waals surface area contributed by atoms with E-state index in [1.165, 1.54) is 11.3 Å². The van der Waals surface area contributed by atoms with Crippen molar-refractivity contribution in [1.82, 2.24) is 10.3 Å². The highest BCUT2D eigenvalue weighted by Crippen LogP contribution is 2.21. The van der Waals surface area contributed by atoms with Gasteiger partial charge < -0.3 is 15.7 Å². The summed E-state index contributed by atoms with van der Waals surface area (Å²) in [6.07, 6.45) is 0.129. The van der Waals surface area contributed by atoms with Gasteiger partial charge in [0, 0.05) is 17.0 Å². The van der Waals surface area contributed by atoms with Gasteiger partial charge in [0.2, 0.25) is 5.91 Å². The Balaban J connectivity index is 1.96. The van der Waals surface area contributed by atoms with Crippen molar-refractivity contribution in [2.45, 2.75) is 26.3 Å². The number of thiazole rings is 1. The smallest absolute Gasteiger partial charge is 0.230 e. The van der Waals surface area contributed by atoms with Gasteiger partial charge >= 0.3 is 0 Å². The second kappa shape index (κ2) is 7.19. The number of amides is 1. The molecule has 0 saturated carbocycles. The zero-order valence-corrected chi connectivity index (χ0v) is 12.9. The number of phenolic OH excluding ortho intramolecular Hbond substituents is 1. The van der Waals surface area contributed by atoms with E-state index >= 15 is 0 Å². The van der Waals surface area contributed by atoms with E-state index in [1.54, 1.807) is 24.3 Å². The van der Waals surface area contributed by atoms with E-state index in [1.807, 2.05) is 19.2 Å². The number of rotatable bonds is 6. The molecule has 1 unspecified atom stereocenters. The van der Waals surface area contributed by atoms with E-state index in [2.05, 4.69) is 15.6 Å². The largest absolute Gasteiger partial charge is 0.508 e. The summed E-state index contributed by atoms with van der Waals surface area (Å²) < 4.78 is 0. The monoisotopic (exact) mass is 305 g/mol. The highest BCUT2D eigenvalue weighted by atomic mass is 32.1. The second-order valence-corrected chi connectivity index (χ2v) is 5.57. The van der Waals surface area contributed by atoms with Crippen LogP contribution in [0.2, 0.25) is 0 Å². The number of carbonyl (C=O) groups is 1. The molecule has 0 aliphatic heterocycles. The zero-order chi connectivity index (χ0) is 15.2. The van der Waals surface area contributed by atoms with Crippen LogP contribution in [-0.4, -0.2) is 22.5 Å². The fourth-order valence-corrected chi connectivity index (χ4v) is 2.77. The molecule has 5 nitrogen and oxygen atoms in total. The molecule has 6 heteroatoms. The van der Waals surface area contributed by atoms with Gasteiger partial charge in [-0.2, -0.15) is 0 Å². The van der Waals surface area contributed by atoms with Crippen LogP contribution < -0.4 is 10.6 Å². The van der Waals surface area contributed by atoms with Crippen LogP contribution in [0.1, 0.15) is 31.1 Å². The number of benzene rings is 1. The van der Waals surface area contributed by atoms with Crippen molar-refractivity contribution in [2.75, 3.05) is 11.9 Å². The van der Waals surface area contributed by atoms with Gasteiger partial charge in [0.15, 0.2) is 5.13 Å². The number of carbonyl (C=O) groups excluding carboxylic acids is 1. The van der Waals surface area contributed by atoms with Crippen LogP contribution in [0.15, 0.2) is 29.6 Å². The third-order valence-corrected chi connectivity index (χ3v) is 3.84. The van der Waals surface area contributed by atoms with E-state index < -0.39 is 0 Å². The molecule has 1 heterocycles. The van der Waals surface area contributed by atoms with Gasteiger partial charge in [-0.3, -0.25) is 4.79 Å². The van der Waals surface area contributed by atoms with Crippen LogP contribution in [0.25, 0.3) is 0 Å². The zero-order valence-electron chi connectivity index (χ0n) is 12.1. The number of anilines is 1. The fourth-order valence-electron chi connectivity index (χ4n) is 1.95. The van der Waals surface area contributed by atoms with Gasteiger partial charge in [-0.25, -0.2) is 4.98 Å². The summed E-state index contributed by atoms with van der Waals surface area (Å²) in [5, 5.41) is 18.2. The molecule has 112 valence electrons. The number of para-hydroxylation sites is 1. The maximum Gasteiger partial charge on any atom is 0.230 e. The standard InChI is InChI=1S/C15H19N3O2S/c1-3-16-10(2)12-9-21-15(17-12)18-14(20)8-11-6-4-5-7-13(11)19/h4-7,9-10,16,19H,3,8H2,1-2H3,(H,17,18,20). The number of hydrogen-bond donors (Lipinski definition) is 3. The van der Waals surface area contributed by atoms with E-state index in [9.17, 15) is 9.90 Å². The molecular weight excluding hydrogens is 286 g/mol. The summed E-state index contributed by atoms with van der Waals surface area (Å²) in [5.74, 6) is -0.0539. The van der Waals surface area contributed by atoms with E-state index in [-0.39, 0.29) is 24.1 Å². The average molecular weight is 305 g/mol. The third kappa shape index (κ3) is 4.27. The maximum absolute atomic E-state index is 12.0. The van der Waals surface area contributed by atoms with Gasteiger partial charge in [-0.15, -0.1) is 11.3 Å². The molecule has 0 spiro atoms. The minimum Gasteiger partial charge on any atom is -0.508 e. The molecule has 0 radical (unpaired) electrons. The first-order chi connectivity index (χ1) is 10.1. The molecule has 1 amide bonds. The molecule has 1 atom stereocenters. The Morgan fingerprint density at radius 2 is 2.19 bits per heavy atom. The number of aromatic nitrogens is 1. The molecule has 0 fully saturated rings. The predicted molar refractivity (Wildman–Crippen MR) is 84.6 cm³/mol. The van der Waals surface area contributed by atoms with Gasteiger partial charge in [0.25, 0.3) is 0 Å².